The van der Waals surface area contributed by atoms with Crippen LogP contribution < -0.4 is 14.4 Å². The Morgan fingerprint density at radius 3 is 2.46 bits per heavy atom. The maximum Gasteiger partial charge on any atom is 0.232 e. The number of aryl methyl sites for hydroxylation is 2. The van der Waals surface area contributed by atoms with Gasteiger partial charge >= 0.3 is 0 Å². The number of nitrogens with one attached hydrogen (secondary N) is 1. The summed E-state index contributed by atoms with van der Waals surface area (Å²) in [6, 6.07) is 10.6. The van der Waals surface area contributed by atoms with Crippen molar-refractivity contribution in [1.82, 2.24) is 0 Å². The normalized spacial score (nSPS) is 11.2. The lowest BCUT2D eigenvalue weighted by atomic mass is 10.1. The summed E-state index contributed by atoms with van der Waals surface area (Å²) in [7, 11) is -2.03. The molecule has 2 aromatic carbocycles. The maximum atomic E-state index is 12.2. The van der Waals surface area contributed by atoms with E-state index in [1.54, 1.807) is 12.1 Å². The van der Waals surface area contributed by atoms with Gasteiger partial charge in [-0.2, -0.15) is 0 Å². The molecule has 0 unspecified atom stereocenters. The van der Waals surface area contributed by atoms with Gasteiger partial charge in [0, 0.05) is 18.7 Å². The van der Waals surface area contributed by atoms with Gasteiger partial charge in [0.15, 0.2) is 0 Å². The Labute approximate surface area is 171 Å². The molecule has 0 aromatic heterocycles. The molecule has 0 fully saturated rings. The number of nitrogens with zero attached hydrogens (tertiary/aromatic N) is 1. The van der Waals surface area contributed by atoms with Crippen molar-refractivity contribution in [2.45, 2.75) is 26.7 Å². The van der Waals surface area contributed by atoms with Crippen LogP contribution in [0.4, 0.5) is 11.4 Å². The van der Waals surface area contributed by atoms with E-state index in [0.717, 1.165) is 23.1 Å². The molecule has 2 aromatic rings. The molecule has 0 saturated carbocycles. The van der Waals surface area contributed by atoms with Crippen LogP contribution in [-0.2, 0) is 14.8 Å². The number of anilines is 2. The molecule has 0 bridgehead atoms. The van der Waals surface area contributed by atoms with Crippen molar-refractivity contribution in [3.8, 4) is 5.75 Å². The van der Waals surface area contributed by atoms with Crippen LogP contribution in [-0.4, -0.2) is 34.2 Å². The topological polar surface area (TPSA) is 75.7 Å². The summed E-state index contributed by atoms with van der Waals surface area (Å²) < 4.78 is 30.7. The number of hydrogen-bond acceptors (Lipinski definition) is 4. The molecule has 8 heteroatoms. The second-order valence-corrected chi connectivity index (χ2v) is 8.94. The average Bonchev–Trinajstić information content (AvgIpc) is 2.60. The molecule has 0 aliphatic rings. The Morgan fingerprint density at radius 2 is 1.89 bits per heavy atom. The highest BCUT2D eigenvalue weighted by Gasteiger charge is 2.19. The number of rotatable bonds is 8. The first-order valence-electron chi connectivity index (χ1n) is 8.80. The average molecular weight is 425 g/mol. The summed E-state index contributed by atoms with van der Waals surface area (Å²) in [5.41, 5.74) is 3.30. The Morgan fingerprint density at radius 1 is 1.18 bits per heavy atom. The molecule has 0 atom stereocenters. The lowest BCUT2D eigenvalue weighted by molar-refractivity contribution is -0.116. The number of sulfonamides is 1. The first kappa shape index (κ1) is 22.0. The van der Waals surface area contributed by atoms with Crippen LogP contribution in [0, 0.1) is 13.8 Å². The molecule has 6 nitrogen and oxygen atoms in total. The van der Waals surface area contributed by atoms with Crippen molar-refractivity contribution in [1.29, 1.82) is 0 Å². The summed E-state index contributed by atoms with van der Waals surface area (Å²) in [5, 5.41) is 3.19. The van der Waals surface area contributed by atoms with Crippen molar-refractivity contribution < 1.29 is 17.9 Å². The minimum Gasteiger partial charge on any atom is -0.495 e. The van der Waals surface area contributed by atoms with Crippen LogP contribution in [0.5, 0.6) is 5.75 Å². The van der Waals surface area contributed by atoms with Crippen molar-refractivity contribution in [2.75, 3.05) is 29.5 Å². The predicted octanol–water partition coefficient (Wildman–Crippen LogP) is 4.15. The van der Waals surface area contributed by atoms with Gasteiger partial charge in [0.05, 0.1) is 24.1 Å². The van der Waals surface area contributed by atoms with Gasteiger partial charge in [-0.25, -0.2) is 8.42 Å². The summed E-state index contributed by atoms with van der Waals surface area (Å²) in [6.07, 6.45) is 1.69. The van der Waals surface area contributed by atoms with Gasteiger partial charge < -0.3 is 10.1 Å². The van der Waals surface area contributed by atoms with E-state index in [0.29, 0.717) is 22.9 Å². The number of ether oxygens (including phenoxy) is 1. The highest BCUT2D eigenvalue weighted by atomic mass is 35.5. The summed E-state index contributed by atoms with van der Waals surface area (Å²) in [5.74, 6) is 0.305. The molecule has 152 valence electrons. The number of hydrogen-bond donors (Lipinski definition) is 1. The first-order chi connectivity index (χ1) is 13.1. The fourth-order valence-electron chi connectivity index (χ4n) is 2.85. The zero-order valence-corrected chi connectivity index (χ0v) is 18.0. The highest BCUT2D eigenvalue weighted by Crippen LogP contribution is 2.30. The molecule has 0 spiro atoms. The second kappa shape index (κ2) is 9.30. The van der Waals surface area contributed by atoms with Crippen LogP contribution in [0.15, 0.2) is 36.4 Å². The largest absolute Gasteiger partial charge is 0.495 e. The lowest BCUT2D eigenvalue weighted by Gasteiger charge is -2.23. The zero-order chi connectivity index (χ0) is 20.9. The van der Waals surface area contributed by atoms with E-state index in [-0.39, 0.29) is 18.9 Å². The number of methoxy groups -OCH3 is 1. The molecule has 1 amide bonds. The van der Waals surface area contributed by atoms with Gasteiger partial charge in [-0.3, -0.25) is 9.10 Å². The van der Waals surface area contributed by atoms with Gasteiger partial charge in [-0.05, 0) is 50.1 Å². The number of carbonyl (C=O) groups excluding carboxylic acids is 1. The predicted molar refractivity (Wildman–Crippen MR) is 114 cm³/mol. The fourth-order valence-corrected chi connectivity index (χ4v) is 4.06. The molecule has 0 aliphatic heterocycles. The third kappa shape index (κ3) is 5.87. The standard InChI is InChI=1S/C20H25ClN2O4S/c1-14-7-9-18(15(2)12-14)22-20(24)6-5-11-23(28(4,25)26)16-8-10-19(27-3)17(21)13-16/h7-10,12-13H,5-6,11H2,1-4H3,(H,22,24). The summed E-state index contributed by atoms with van der Waals surface area (Å²) in [6.45, 7) is 4.09. The van der Waals surface area contributed by atoms with Crippen molar-refractivity contribution in [3.05, 3.63) is 52.5 Å². The third-order valence-corrected chi connectivity index (χ3v) is 5.73. The van der Waals surface area contributed by atoms with E-state index >= 15 is 0 Å². The lowest BCUT2D eigenvalue weighted by Crippen LogP contribution is -2.31. The Kier molecular flexibility index (Phi) is 7.32. The van der Waals surface area contributed by atoms with Gasteiger partial charge in [0.25, 0.3) is 0 Å². The molecule has 0 heterocycles. The van der Waals surface area contributed by atoms with Gasteiger partial charge in [0.1, 0.15) is 5.75 Å². The minimum atomic E-state index is -3.52. The molecule has 0 saturated heterocycles. The molecular weight excluding hydrogens is 400 g/mol. The van der Waals surface area contributed by atoms with Gasteiger partial charge in [0.2, 0.25) is 15.9 Å². The molecular formula is C20H25ClN2O4S. The maximum absolute atomic E-state index is 12.2. The Hall–Kier alpha value is -2.25. The Bertz CT molecular complexity index is 961. The van der Waals surface area contributed by atoms with Crippen molar-refractivity contribution >= 4 is 38.9 Å². The monoisotopic (exact) mass is 424 g/mol. The highest BCUT2D eigenvalue weighted by molar-refractivity contribution is 7.92. The van der Waals surface area contributed by atoms with E-state index in [2.05, 4.69) is 5.32 Å². The van der Waals surface area contributed by atoms with Crippen LogP contribution in [0.3, 0.4) is 0 Å². The third-order valence-electron chi connectivity index (χ3n) is 4.24. The quantitative estimate of drug-likeness (QED) is 0.690. The number of carbonyl (C=O) groups is 1. The molecule has 2 rings (SSSR count). The number of halogens is 1. The minimum absolute atomic E-state index is 0.159. The number of amides is 1. The van der Waals surface area contributed by atoms with E-state index in [1.165, 1.54) is 17.5 Å². The summed E-state index contributed by atoms with van der Waals surface area (Å²) >= 11 is 6.11. The van der Waals surface area contributed by atoms with Crippen LogP contribution in [0.2, 0.25) is 5.02 Å². The smallest absolute Gasteiger partial charge is 0.232 e. The Balaban J connectivity index is 2.02. The van der Waals surface area contributed by atoms with Gasteiger partial charge in [-0.1, -0.05) is 29.3 Å². The van der Waals surface area contributed by atoms with Gasteiger partial charge in [-0.15, -0.1) is 0 Å². The van der Waals surface area contributed by atoms with Crippen LogP contribution in [0.1, 0.15) is 24.0 Å². The molecule has 28 heavy (non-hydrogen) atoms. The van der Waals surface area contributed by atoms with E-state index in [1.807, 2.05) is 32.0 Å². The van der Waals surface area contributed by atoms with Crippen molar-refractivity contribution in [3.63, 3.8) is 0 Å². The fraction of sp³-hybridized carbons (Fsp3) is 0.350. The van der Waals surface area contributed by atoms with Crippen LogP contribution >= 0.6 is 11.6 Å². The molecule has 0 aliphatic carbocycles. The first-order valence-corrected chi connectivity index (χ1v) is 11.0. The van der Waals surface area contributed by atoms with Crippen molar-refractivity contribution in [2.24, 2.45) is 0 Å². The summed E-state index contributed by atoms with van der Waals surface area (Å²) in [4.78, 5) is 12.2. The molecule has 1 N–H and O–H groups in total. The van der Waals surface area contributed by atoms with E-state index < -0.39 is 10.0 Å². The van der Waals surface area contributed by atoms with E-state index in [4.69, 9.17) is 16.3 Å². The van der Waals surface area contributed by atoms with Crippen LogP contribution in [0.25, 0.3) is 0 Å². The second-order valence-electron chi connectivity index (χ2n) is 6.62. The number of benzene rings is 2. The molecule has 0 radical (unpaired) electrons. The van der Waals surface area contributed by atoms with E-state index in [9.17, 15) is 13.2 Å². The SMILES string of the molecule is COc1ccc(N(CCCC(=O)Nc2ccc(C)cc2C)S(C)(=O)=O)cc1Cl. The zero-order valence-electron chi connectivity index (χ0n) is 16.5.